The fourth-order valence-electron chi connectivity index (χ4n) is 1.38. The normalized spacial score (nSPS) is 16.8. The third-order valence-electron chi connectivity index (χ3n) is 2.30. The summed E-state index contributed by atoms with van der Waals surface area (Å²) >= 11 is 0. The lowest BCUT2D eigenvalue weighted by Crippen LogP contribution is -2.06. The van der Waals surface area contributed by atoms with Crippen LogP contribution in [-0.2, 0) is 13.0 Å². The van der Waals surface area contributed by atoms with Crippen LogP contribution in [0.15, 0.2) is 0 Å². The predicted octanol–water partition coefficient (Wildman–Crippen LogP) is 1.79. The fraction of sp³-hybridized carbons (Fsp3) is 0.667. The molecule has 0 N–H and O–H groups in total. The van der Waals surface area contributed by atoms with Gasteiger partial charge in [0.15, 0.2) is 12.0 Å². The summed E-state index contributed by atoms with van der Waals surface area (Å²) in [4.78, 5) is 0. The molecule has 1 radical (unpaired) electrons. The standard InChI is InChI=1S/C9H12FN2/c1-2-9-8(10)5-11-12(9)6-7-3-4-7/h7H,2-4,6H2,1H3. The Bertz CT molecular complexity index is 276. The Morgan fingerprint density at radius 2 is 2.42 bits per heavy atom. The summed E-state index contributed by atoms with van der Waals surface area (Å²) in [6.45, 7) is 2.82. The largest absolute Gasteiger partial charge is 0.266 e. The molecule has 12 heavy (non-hydrogen) atoms. The van der Waals surface area contributed by atoms with E-state index in [9.17, 15) is 4.39 Å². The molecule has 0 spiro atoms. The van der Waals surface area contributed by atoms with Gasteiger partial charge < -0.3 is 0 Å². The molecule has 1 aromatic rings. The molecular weight excluding hydrogens is 155 g/mol. The van der Waals surface area contributed by atoms with Gasteiger partial charge in [-0.05, 0) is 25.2 Å². The summed E-state index contributed by atoms with van der Waals surface area (Å²) in [5.41, 5.74) is 0.696. The van der Waals surface area contributed by atoms with Crippen molar-refractivity contribution in [2.24, 2.45) is 5.92 Å². The molecule has 0 unspecified atom stereocenters. The molecule has 0 bridgehead atoms. The SMILES string of the molecule is CCc1c(F)[c]nn1CC1CC1. The van der Waals surface area contributed by atoms with Gasteiger partial charge in [0.25, 0.3) is 0 Å². The molecule has 1 saturated carbocycles. The van der Waals surface area contributed by atoms with Crippen molar-refractivity contribution < 1.29 is 4.39 Å². The molecule has 2 nitrogen and oxygen atoms in total. The molecule has 1 aliphatic carbocycles. The van der Waals surface area contributed by atoms with Crippen LogP contribution in [0.3, 0.4) is 0 Å². The maximum Gasteiger partial charge on any atom is 0.174 e. The van der Waals surface area contributed by atoms with Crippen molar-refractivity contribution in [3.63, 3.8) is 0 Å². The highest BCUT2D eigenvalue weighted by atomic mass is 19.1. The molecule has 0 aromatic carbocycles. The van der Waals surface area contributed by atoms with Crippen molar-refractivity contribution in [3.05, 3.63) is 17.7 Å². The Morgan fingerprint density at radius 1 is 1.67 bits per heavy atom. The van der Waals surface area contributed by atoms with E-state index in [1.54, 1.807) is 4.68 Å². The topological polar surface area (TPSA) is 17.8 Å². The van der Waals surface area contributed by atoms with Crippen LogP contribution in [0.2, 0.25) is 0 Å². The van der Waals surface area contributed by atoms with Gasteiger partial charge in [-0.25, -0.2) is 4.39 Å². The van der Waals surface area contributed by atoms with Crippen molar-refractivity contribution in [1.29, 1.82) is 0 Å². The lowest BCUT2D eigenvalue weighted by molar-refractivity contribution is 0.527. The van der Waals surface area contributed by atoms with Crippen molar-refractivity contribution >= 4 is 0 Å². The summed E-state index contributed by atoms with van der Waals surface area (Å²) in [6.07, 6.45) is 5.61. The highest BCUT2D eigenvalue weighted by molar-refractivity contribution is 5.03. The minimum atomic E-state index is -0.279. The minimum absolute atomic E-state index is 0.279. The van der Waals surface area contributed by atoms with E-state index >= 15 is 0 Å². The van der Waals surface area contributed by atoms with Gasteiger partial charge in [0.05, 0.1) is 5.69 Å². The molecule has 0 aliphatic heterocycles. The van der Waals surface area contributed by atoms with E-state index < -0.39 is 0 Å². The van der Waals surface area contributed by atoms with E-state index in [0.29, 0.717) is 12.1 Å². The van der Waals surface area contributed by atoms with Gasteiger partial charge in [0, 0.05) is 6.54 Å². The lowest BCUT2D eigenvalue weighted by atomic mass is 10.3. The molecular formula is C9H12FN2. The Kier molecular flexibility index (Phi) is 1.87. The van der Waals surface area contributed by atoms with E-state index in [1.165, 1.54) is 12.8 Å². The van der Waals surface area contributed by atoms with E-state index in [2.05, 4.69) is 11.3 Å². The summed E-state index contributed by atoms with van der Waals surface area (Å²) in [5, 5.41) is 3.88. The van der Waals surface area contributed by atoms with Crippen molar-refractivity contribution in [2.45, 2.75) is 32.7 Å². The minimum Gasteiger partial charge on any atom is -0.266 e. The van der Waals surface area contributed by atoms with Crippen LogP contribution in [-0.4, -0.2) is 9.78 Å². The zero-order chi connectivity index (χ0) is 8.55. The maximum atomic E-state index is 12.9. The van der Waals surface area contributed by atoms with Crippen LogP contribution in [0.25, 0.3) is 0 Å². The molecule has 1 aromatic heterocycles. The Hall–Kier alpha value is -0.860. The van der Waals surface area contributed by atoms with Crippen LogP contribution in [0, 0.1) is 17.9 Å². The van der Waals surface area contributed by atoms with Gasteiger partial charge in [-0.3, -0.25) is 4.68 Å². The smallest absolute Gasteiger partial charge is 0.174 e. The first kappa shape index (κ1) is 7.77. The maximum absolute atomic E-state index is 12.9. The first-order chi connectivity index (χ1) is 5.81. The van der Waals surface area contributed by atoms with Crippen LogP contribution in [0.5, 0.6) is 0 Å². The number of hydrogen-bond donors (Lipinski definition) is 0. The Morgan fingerprint density at radius 3 is 3.00 bits per heavy atom. The van der Waals surface area contributed by atoms with Gasteiger partial charge in [-0.15, -0.1) is 0 Å². The second-order valence-corrected chi connectivity index (χ2v) is 3.35. The summed E-state index contributed by atoms with van der Waals surface area (Å²) in [7, 11) is 0. The number of hydrogen-bond acceptors (Lipinski definition) is 1. The van der Waals surface area contributed by atoms with E-state index in [-0.39, 0.29) is 5.82 Å². The van der Waals surface area contributed by atoms with Crippen LogP contribution < -0.4 is 0 Å². The Balaban J connectivity index is 2.16. The third-order valence-corrected chi connectivity index (χ3v) is 2.30. The summed E-state index contributed by atoms with van der Waals surface area (Å²) < 4.78 is 14.7. The van der Waals surface area contributed by atoms with Crippen LogP contribution in [0.1, 0.15) is 25.5 Å². The van der Waals surface area contributed by atoms with E-state index in [0.717, 1.165) is 12.5 Å². The van der Waals surface area contributed by atoms with Crippen LogP contribution in [0.4, 0.5) is 4.39 Å². The average molecular weight is 167 g/mol. The fourth-order valence-corrected chi connectivity index (χ4v) is 1.38. The monoisotopic (exact) mass is 167 g/mol. The number of aromatic nitrogens is 2. The molecule has 2 rings (SSSR count). The molecule has 0 atom stereocenters. The zero-order valence-electron chi connectivity index (χ0n) is 7.18. The number of nitrogens with zero attached hydrogens (tertiary/aromatic N) is 2. The highest BCUT2D eigenvalue weighted by Gasteiger charge is 2.23. The molecule has 1 aliphatic rings. The van der Waals surface area contributed by atoms with Crippen LogP contribution >= 0.6 is 0 Å². The number of rotatable bonds is 3. The average Bonchev–Trinajstić information content (AvgIpc) is 2.78. The van der Waals surface area contributed by atoms with Gasteiger partial charge in [-0.2, -0.15) is 5.10 Å². The summed E-state index contributed by atoms with van der Waals surface area (Å²) in [6, 6.07) is 0. The third kappa shape index (κ3) is 1.36. The molecule has 1 fully saturated rings. The van der Waals surface area contributed by atoms with E-state index in [4.69, 9.17) is 0 Å². The summed E-state index contributed by atoms with van der Waals surface area (Å²) in [5.74, 6) is 0.459. The van der Waals surface area contributed by atoms with Gasteiger partial charge in [-0.1, -0.05) is 6.92 Å². The van der Waals surface area contributed by atoms with Crippen molar-refractivity contribution in [3.8, 4) is 0 Å². The highest BCUT2D eigenvalue weighted by Crippen LogP contribution is 2.30. The first-order valence-corrected chi connectivity index (χ1v) is 4.44. The second kappa shape index (κ2) is 2.88. The van der Waals surface area contributed by atoms with E-state index in [1.807, 2.05) is 6.92 Å². The van der Waals surface area contributed by atoms with Crippen molar-refractivity contribution in [2.75, 3.05) is 0 Å². The Labute approximate surface area is 71.4 Å². The molecule has 65 valence electrons. The molecule has 3 heteroatoms. The zero-order valence-corrected chi connectivity index (χ0v) is 7.18. The first-order valence-electron chi connectivity index (χ1n) is 4.44. The molecule has 0 saturated heterocycles. The lowest BCUT2D eigenvalue weighted by Gasteiger charge is -2.03. The van der Waals surface area contributed by atoms with Gasteiger partial charge in [0.1, 0.15) is 0 Å². The second-order valence-electron chi connectivity index (χ2n) is 3.35. The molecule has 0 amide bonds. The predicted molar refractivity (Wildman–Crippen MR) is 43.1 cm³/mol. The quantitative estimate of drug-likeness (QED) is 0.671. The molecule has 1 heterocycles. The van der Waals surface area contributed by atoms with Crippen molar-refractivity contribution in [1.82, 2.24) is 9.78 Å². The van der Waals surface area contributed by atoms with Gasteiger partial charge in [0.2, 0.25) is 0 Å². The van der Waals surface area contributed by atoms with Gasteiger partial charge >= 0.3 is 0 Å². The number of halogens is 1.